The van der Waals surface area contributed by atoms with Crippen molar-refractivity contribution in [2.45, 2.75) is 19.8 Å². The van der Waals surface area contributed by atoms with E-state index in [2.05, 4.69) is 5.32 Å². The highest BCUT2D eigenvalue weighted by Crippen LogP contribution is 2.33. The Hall–Kier alpha value is -2.54. The summed E-state index contributed by atoms with van der Waals surface area (Å²) < 4.78 is 10.8. The summed E-state index contributed by atoms with van der Waals surface area (Å²) in [7, 11) is 3.37. The van der Waals surface area contributed by atoms with Gasteiger partial charge < -0.3 is 19.7 Å². The van der Waals surface area contributed by atoms with Crippen LogP contribution in [0.1, 0.15) is 28.1 Å². The van der Waals surface area contributed by atoms with E-state index in [1.165, 1.54) is 11.3 Å². The molecule has 1 heterocycles. The summed E-state index contributed by atoms with van der Waals surface area (Å²) in [6.45, 7) is 2.74. The molecular formula is C20H24N2O4S. The minimum Gasteiger partial charge on any atom is -0.497 e. The number of nitrogens with zero attached hydrogens (tertiary/aromatic N) is 1. The summed E-state index contributed by atoms with van der Waals surface area (Å²) in [5.74, 6) is 1.63. The number of anilines is 1. The van der Waals surface area contributed by atoms with Gasteiger partial charge in [0.1, 0.15) is 18.1 Å². The molecule has 0 spiro atoms. The van der Waals surface area contributed by atoms with Crippen molar-refractivity contribution >= 4 is 28.2 Å². The van der Waals surface area contributed by atoms with E-state index in [0.29, 0.717) is 18.0 Å². The third-order valence-corrected chi connectivity index (χ3v) is 5.55. The SMILES string of the molecule is COc1ccc(OCCN(C)C(=O)c2sc(NC(=O)C3CC3)cc2C)cc1. The number of amides is 2. The van der Waals surface area contributed by atoms with E-state index in [4.69, 9.17) is 9.47 Å². The minimum atomic E-state index is -0.0669. The largest absolute Gasteiger partial charge is 0.497 e. The second-order valence-corrected chi connectivity index (χ2v) is 7.69. The maximum absolute atomic E-state index is 12.7. The summed E-state index contributed by atoms with van der Waals surface area (Å²) in [6, 6.07) is 9.19. The number of hydrogen-bond acceptors (Lipinski definition) is 5. The molecule has 1 aliphatic rings. The molecule has 0 bridgehead atoms. The Morgan fingerprint density at radius 2 is 1.89 bits per heavy atom. The second kappa shape index (κ2) is 8.43. The van der Waals surface area contributed by atoms with E-state index >= 15 is 0 Å². The molecule has 0 saturated heterocycles. The van der Waals surface area contributed by atoms with E-state index in [1.807, 2.05) is 37.3 Å². The smallest absolute Gasteiger partial charge is 0.264 e. The first kappa shape index (κ1) is 19.2. The molecule has 3 rings (SSSR count). The molecule has 1 N–H and O–H groups in total. The fourth-order valence-electron chi connectivity index (χ4n) is 2.57. The van der Waals surface area contributed by atoms with Crippen LogP contribution in [0.3, 0.4) is 0 Å². The van der Waals surface area contributed by atoms with Crippen LogP contribution in [-0.2, 0) is 4.79 Å². The third kappa shape index (κ3) is 5.01. The zero-order valence-electron chi connectivity index (χ0n) is 15.8. The van der Waals surface area contributed by atoms with Crippen LogP contribution >= 0.6 is 11.3 Å². The Labute approximate surface area is 163 Å². The van der Waals surface area contributed by atoms with Gasteiger partial charge in [-0.25, -0.2) is 0 Å². The summed E-state index contributed by atoms with van der Waals surface area (Å²) in [5, 5.41) is 3.64. The lowest BCUT2D eigenvalue weighted by atomic mass is 10.2. The number of rotatable bonds is 8. The van der Waals surface area contributed by atoms with Crippen molar-refractivity contribution in [3.05, 3.63) is 40.8 Å². The molecule has 2 aromatic rings. The van der Waals surface area contributed by atoms with Gasteiger partial charge in [0.25, 0.3) is 5.91 Å². The average molecular weight is 388 g/mol. The first-order valence-corrected chi connectivity index (χ1v) is 9.73. The average Bonchev–Trinajstić information content (AvgIpc) is 3.45. The van der Waals surface area contributed by atoms with Crippen LogP contribution in [0.4, 0.5) is 5.00 Å². The highest BCUT2D eigenvalue weighted by molar-refractivity contribution is 7.18. The number of methoxy groups -OCH3 is 1. The fraction of sp³-hybridized carbons (Fsp3) is 0.400. The van der Waals surface area contributed by atoms with Crippen LogP contribution in [0.2, 0.25) is 0 Å². The maximum Gasteiger partial charge on any atom is 0.264 e. The number of nitrogens with one attached hydrogen (secondary N) is 1. The number of ether oxygens (including phenoxy) is 2. The molecule has 0 unspecified atom stereocenters. The molecule has 0 radical (unpaired) electrons. The molecular weight excluding hydrogens is 364 g/mol. The number of hydrogen-bond donors (Lipinski definition) is 1. The Bertz CT molecular complexity index is 812. The summed E-state index contributed by atoms with van der Waals surface area (Å²) >= 11 is 1.33. The molecule has 144 valence electrons. The van der Waals surface area contributed by atoms with E-state index in [9.17, 15) is 9.59 Å². The normalized spacial score (nSPS) is 13.1. The standard InChI is InChI=1S/C20H24N2O4S/c1-13-12-17(21-19(23)14-4-5-14)27-18(13)20(24)22(2)10-11-26-16-8-6-15(25-3)7-9-16/h6-9,12,14H,4-5,10-11H2,1-3H3,(H,21,23). The van der Waals surface area contributed by atoms with Gasteiger partial charge in [-0.05, 0) is 55.7 Å². The van der Waals surface area contributed by atoms with Gasteiger partial charge in [0.15, 0.2) is 0 Å². The van der Waals surface area contributed by atoms with Gasteiger partial charge in [-0.15, -0.1) is 11.3 Å². The van der Waals surface area contributed by atoms with E-state index in [0.717, 1.165) is 34.9 Å². The lowest BCUT2D eigenvalue weighted by Gasteiger charge is -2.17. The van der Waals surface area contributed by atoms with Gasteiger partial charge in [0.2, 0.25) is 5.91 Å². The Balaban J connectivity index is 1.51. The number of benzene rings is 1. The molecule has 7 heteroatoms. The number of likely N-dealkylation sites (N-methyl/N-ethyl adjacent to an activating group) is 1. The Kier molecular flexibility index (Phi) is 6.01. The highest BCUT2D eigenvalue weighted by Gasteiger charge is 2.30. The molecule has 1 fully saturated rings. The monoisotopic (exact) mass is 388 g/mol. The van der Waals surface area contributed by atoms with Crippen LogP contribution in [0.25, 0.3) is 0 Å². The van der Waals surface area contributed by atoms with Crippen LogP contribution in [0.5, 0.6) is 11.5 Å². The summed E-state index contributed by atoms with van der Waals surface area (Å²) in [4.78, 5) is 26.9. The van der Waals surface area contributed by atoms with Crippen molar-refractivity contribution < 1.29 is 19.1 Å². The Morgan fingerprint density at radius 3 is 2.52 bits per heavy atom. The Morgan fingerprint density at radius 1 is 1.22 bits per heavy atom. The number of aryl methyl sites for hydroxylation is 1. The lowest BCUT2D eigenvalue weighted by molar-refractivity contribution is -0.117. The van der Waals surface area contributed by atoms with Crippen molar-refractivity contribution in [2.24, 2.45) is 5.92 Å². The van der Waals surface area contributed by atoms with Gasteiger partial charge >= 0.3 is 0 Å². The molecule has 0 aliphatic heterocycles. The number of carbonyl (C=O) groups is 2. The molecule has 1 saturated carbocycles. The minimum absolute atomic E-state index is 0.0523. The predicted molar refractivity (Wildman–Crippen MR) is 106 cm³/mol. The van der Waals surface area contributed by atoms with Crippen molar-refractivity contribution in [1.29, 1.82) is 0 Å². The molecule has 6 nitrogen and oxygen atoms in total. The van der Waals surface area contributed by atoms with E-state index in [-0.39, 0.29) is 17.7 Å². The molecule has 2 amide bonds. The summed E-state index contributed by atoms with van der Waals surface area (Å²) in [5.41, 5.74) is 0.874. The molecule has 1 aliphatic carbocycles. The van der Waals surface area contributed by atoms with Gasteiger partial charge in [-0.3, -0.25) is 9.59 Å². The van der Waals surface area contributed by atoms with Gasteiger partial charge in [-0.2, -0.15) is 0 Å². The van der Waals surface area contributed by atoms with Crippen LogP contribution in [0, 0.1) is 12.8 Å². The van der Waals surface area contributed by atoms with Crippen LogP contribution < -0.4 is 14.8 Å². The van der Waals surface area contributed by atoms with Crippen molar-refractivity contribution in [3.63, 3.8) is 0 Å². The lowest BCUT2D eigenvalue weighted by Crippen LogP contribution is -2.30. The van der Waals surface area contributed by atoms with E-state index < -0.39 is 0 Å². The second-order valence-electron chi connectivity index (χ2n) is 6.64. The zero-order valence-corrected chi connectivity index (χ0v) is 16.6. The third-order valence-electron chi connectivity index (χ3n) is 4.41. The predicted octanol–water partition coefficient (Wildman–Crippen LogP) is 3.56. The quantitative estimate of drug-likeness (QED) is 0.751. The molecule has 27 heavy (non-hydrogen) atoms. The number of carbonyl (C=O) groups excluding carboxylic acids is 2. The number of thiophene rings is 1. The van der Waals surface area contributed by atoms with Crippen LogP contribution in [0.15, 0.2) is 30.3 Å². The first-order chi connectivity index (χ1) is 13.0. The highest BCUT2D eigenvalue weighted by atomic mass is 32.1. The molecule has 1 aromatic carbocycles. The first-order valence-electron chi connectivity index (χ1n) is 8.91. The summed E-state index contributed by atoms with van der Waals surface area (Å²) in [6.07, 6.45) is 1.91. The molecule has 0 atom stereocenters. The maximum atomic E-state index is 12.7. The fourth-order valence-corrected chi connectivity index (χ4v) is 3.64. The van der Waals surface area contributed by atoms with Crippen LogP contribution in [-0.4, -0.2) is 44.0 Å². The van der Waals surface area contributed by atoms with E-state index in [1.54, 1.807) is 19.1 Å². The molecule has 1 aromatic heterocycles. The van der Waals surface area contributed by atoms with Gasteiger partial charge in [0.05, 0.1) is 23.5 Å². The zero-order chi connectivity index (χ0) is 19.4. The van der Waals surface area contributed by atoms with Crippen molar-refractivity contribution in [3.8, 4) is 11.5 Å². The topological polar surface area (TPSA) is 67.9 Å². The van der Waals surface area contributed by atoms with Crippen molar-refractivity contribution in [2.75, 3.05) is 32.6 Å². The van der Waals surface area contributed by atoms with Crippen molar-refractivity contribution in [1.82, 2.24) is 4.90 Å². The van der Waals surface area contributed by atoms with Gasteiger partial charge in [-0.1, -0.05) is 0 Å². The van der Waals surface area contributed by atoms with Gasteiger partial charge in [0, 0.05) is 13.0 Å².